The second-order valence-corrected chi connectivity index (χ2v) is 9.20. The summed E-state index contributed by atoms with van der Waals surface area (Å²) in [4.78, 5) is 39.3. The molecule has 0 radical (unpaired) electrons. The van der Waals surface area contributed by atoms with E-state index in [2.05, 4.69) is 5.10 Å². The lowest BCUT2D eigenvalue weighted by molar-refractivity contribution is 0.0926. The van der Waals surface area contributed by atoms with Crippen molar-refractivity contribution in [2.75, 3.05) is 4.90 Å². The van der Waals surface area contributed by atoms with Crippen LogP contribution in [0.25, 0.3) is 0 Å². The largest absolute Gasteiger partial charge is 0.270 e. The van der Waals surface area contributed by atoms with Gasteiger partial charge in [0.25, 0.3) is 17.4 Å². The Bertz CT molecular complexity index is 1250. The Kier molecular flexibility index (Phi) is 5.68. The van der Waals surface area contributed by atoms with Gasteiger partial charge in [-0.05, 0) is 36.2 Å². The molecule has 2 heterocycles. The third-order valence-electron chi connectivity index (χ3n) is 4.93. The van der Waals surface area contributed by atoms with Gasteiger partial charge in [-0.15, -0.1) is 0 Å². The molecule has 2 amide bonds. The van der Waals surface area contributed by atoms with E-state index in [9.17, 15) is 14.4 Å². The van der Waals surface area contributed by atoms with Crippen LogP contribution in [0, 0.1) is 0 Å². The summed E-state index contributed by atoms with van der Waals surface area (Å²) < 4.78 is 1.28. The predicted octanol–water partition coefficient (Wildman–Crippen LogP) is 5.16. The molecule has 0 spiro atoms. The maximum atomic E-state index is 12.7. The average molecular weight is 474 g/mol. The van der Waals surface area contributed by atoms with E-state index in [1.807, 2.05) is 13.8 Å². The van der Waals surface area contributed by atoms with Gasteiger partial charge in [0, 0.05) is 12.6 Å². The van der Waals surface area contributed by atoms with Crippen molar-refractivity contribution in [1.82, 2.24) is 9.78 Å². The number of carbonyl (C=O) groups is 2. The van der Waals surface area contributed by atoms with Crippen molar-refractivity contribution >= 4 is 52.5 Å². The minimum absolute atomic E-state index is 0.0307. The van der Waals surface area contributed by atoms with Gasteiger partial charge in [0.15, 0.2) is 0 Å². The summed E-state index contributed by atoms with van der Waals surface area (Å²) in [5, 5.41) is 5.37. The zero-order valence-electron chi connectivity index (χ0n) is 16.8. The topological polar surface area (TPSA) is 72.3 Å². The Balaban J connectivity index is 1.71. The number of nitrogens with zero attached hydrogens (tertiary/aromatic N) is 3. The molecule has 0 atom stereocenters. The van der Waals surface area contributed by atoms with Crippen LogP contribution < -0.4 is 10.5 Å². The highest BCUT2D eigenvalue weighted by Gasteiger charge is 2.36. The summed E-state index contributed by atoms with van der Waals surface area (Å²) >= 11 is 14.2. The number of halogens is 2. The maximum Gasteiger partial charge on any atom is 0.270 e. The van der Waals surface area contributed by atoms with Gasteiger partial charge in [-0.25, -0.2) is 9.58 Å². The summed E-state index contributed by atoms with van der Waals surface area (Å²) in [6.07, 6.45) is 0. The van der Waals surface area contributed by atoms with Gasteiger partial charge >= 0.3 is 0 Å². The second kappa shape index (κ2) is 8.15. The molecule has 6 nitrogen and oxygen atoms in total. The molecule has 1 aliphatic rings. The first-order valence-corrected chi connectivity index (χ1v) is 11.0. The summed E-state index contributed by atoms with van der Waals surface area (Å²) in [7, 11) is 1.59. The highest BCUT2D eigenvalue weighted by Crippen LogP contribution is 2.42. The highest BCUT2D eigenvalue weighted by atomic mass is 35.5. The summed E-state index contributed by atoms with van der Waals surface area (Å²) in [6.45, 7) is 3.87. The smallest absolute Gasteiger partial charge is 0.268 e. The number of aromatic nitrogens is 2. The van der Waals surface area contributed by atoms with Gasteiger partial charge in [-0.1, -0.05) is 60.9 Å². The molecule has 31 heavy (non-hydrogen) atoms. The summed E-state index contributed by atoms with van der Waals surface area (Å²) in [5.41, 5.74) is 1.46. The Hall–Kier alpha value is -2.61. The minimum Gasteiger partial charge on any atom is -0.268 e. The average Bonchev–Trinajstić information content (AvgIpc) is 2.97. The van der Waals surface area contributed by atoms with Gasteiger partial charge < -0.3 is 0 Å². The second-order valence-electron chi connectivity index (χ2n) is 7.35. The number of anilines is 1. The number of rotatable bonds is 4. The van der Waals surface area contributed by atoms with Crippen LogP contribution >= 0.6 is 35.0 Å². The number of hydrogen-bond donors (Lipinski definition) is 0. The van der Waals surface area contributed by atoms with Crippen LogP contribution in [0.15, 0.2) is 57.2 Å². The number of benzene rings is 2. The van der Waals surface area contributed by atoms with E-state index in [0.717, 1.165) is 4.90 Å². The number of imide groups is 1. The quantitative estimate of drug-likeness (QED) is 0.489. The van der Waals surface area contributed by atoms with E-state index in [4.69, 9.17) is 23.2 Å². The van der Waals surface area contributed by atoms with Crippen LogP contribution in [0.1, 0.15) is 46.0 Å². The molecule has 0 N–H and O–H groups in total. The van der Waals surface area contributed by atoms with Crippen LogP contribution in [0.2, 0.25) is 10.0 Å². The molecule has 158 valence electrons. The Morgan fingerprint density at radius 2 is 1.48 bits per heavy atom. The summed E-state index contributed by atoms with van der Waals surface area (Å²) in [6, 6.07) is 11.4. The molecule has 0 fully saturated rings. The first kappa shape index (κ1) is 21.6. The van der Waals surface area contributed by atoms with Crippen molar-refractivity contribution in [2.24, 2.45) is 7.05 Å². The van der Waals surface area contributed by atoms with Crippen molar-refractivity contribution in [3.05, 3.63) is 79.6 Å². The van der Waals surface area contributed by atoms with E-state index >= 15 is 0 Å². The van der Waals surface area contributed by atoms with Crippen LogP contribution in [-0.4, -0.2) is 21.6 Å². The van der Waals surface area contributed by atoms with Crippen molar-refractivity contribution < 1.29 is 9.59 Å². The molecule has 0 saturated carbocycles. The van der Waals surface area contributed by atoms with E-state index in [1.165, 1.54) is 28.6 Å². The molecule has 2 aromatic carbocycles. The molecule has 0 aliphatic carbocycles. The molecule has 9 heteroatoms. The predicted molar refractivity (Wildman–Crippen MR) is 122 cm³/mol. The lowest BCUT2D eigenvalue weighted by atomic mass is 10.1. The van der Waals surface area contributed by atoms with E-state index in [0.29, 0.717) is 32.3 Å². The van der Waals surface area contributed by atoms with Crippen molar-refractivity contribution in [2.45, 2.75) is 29.7 Å². The molecule has 1 aromatic heterocycles. The highest BCUT2D eigenvalue weighted by molar-refractivity contribution is 7.99. The third-order valence-corrected chi connectivity index (χ3v) is 6.81. The van der Waals surface area contributed by atoms with Gasteiger partial charge in [-0.3, -0.25) is 14.4 Å². The van der Waals surface area contributed by atoms with E-state index in [1.54, 1.807) is 37.4 Å². The Morgan fingerprint density at radius 3 is 2.00 bits per heavy atom. The zero-order valence-corrected chi connectivity index (χ0v) is 19.2. The Morgan fingerprint density at radius 1 is 0.935 bits per heavy atom. The van der Waals surface area contributed by atoms with Crippen molar-refractivity contribution in [3.8, 4) is 0 Å². The Labute approximate surface area is 192 Å². The maximum absolute atomic E-state index is 12.7. The molecule has 0 bridgehead atoms. The lowest BCUT2D eigenvalue weighted by Crippen LogP contribution is -2.29. The number of carbonyl (C=O) groups excluding carboxylic acids is 2. The lowest BCUT2D eigenvalue weighted by Gasteiger charge is -2.17. The summed E-state index contributed by atoms with van der Waals surface area (Å²) in [5.74, 6) is -0.813. The molecule has 0 unspecified atom stereocenters. The number of amides is 2. The monoisotopic (exact) mass is 473 g/mol. The molecule has 3 aromatic rings. The molecule has 1 aliphatic heterocycles. The van der Waals surface area contributed by atoms with Crippen molar-refractivity contribution in [3.63, 3.8) is 0 Å². The number of aryl methyl sites for hydroxylation is 1. The van der Waals surface area contributed by atoms with Crippen LogP contribution in [0.4, 0.5) is 5.69 Å². The van der Waals surface area contributed by atoms with Crippen LogP contribution in [0.5, 0.6) is 0 Å². The fourth-order valence-corrected chi connectivity index (χ4v) is 4.95. The molecule has 0 saturated heterocycles. The van der Waals surface area contributed by atoms with Gasteiger partial charge in [0.05, 0.1) is 31.8 Å². The molecule has 4 rings (SSSR count). The van der Waals surface area contributed by atoms with E-state index in [-0.39, 0.29) is 21.5 Å². The van der Waals surface area contributed by atoms with Gasteiger partial charge in [0.1, 0.15) is 5.03 Å². The zero-order chi connectivity index (χ0) is 22.4. The number of hydrogen-bond acceptors (Lipinski definition) is 5. The van der Waals surface area contributed by atoms with Crippen LogP contribution in [-0.2, 0) is 7.05 Å². The first-order valence-electron chi connectivity index (χ1n) is 9.42. The minimum atomic E-state index is -0.422. The SMILES string of the molecule is CC(C)c1cc(Sc2c(Cl)cc(N3C(=O)c4ccccc4C3=O)cc2Cl)nn(C)c1=O. The molecular formula is C22H17Cl2N3O3S. The van der Waals surface area contributed by atoms with Gasteiger partial charge in [-0.2, -0.15) is 5.10 Å². The fraction of sp³-hybridized carbons (Fsp3) is 0.182. The third kappa shape index (κ3) is 3.78. The van der Waals surface area contributed by atoms with Gasteiger partial charge in [0.2, 0.25) is 0 Å². The first-order chi connectivity index (χ1) is 14.7. The molecular weight excluding hydrogens is 457 g/mol. The standard InChI is InChI=1S/C22H17Cl2N3O3S/c1-11(2)15-10-18(25-26(3)20(15)28)31-19-16(23)8-12(9-17(19)24)27-21(29)13-6-4-5-7-14(13)22(27)30/h4-11H,1-3H3. The fourth-order valence-electron chi connectivity index (χ4n) is 3.37. The van der Waals surface area contributed by atoms with Crippen molar-refractivity contribution in [1.29, 1.82) is 0 Å². The number of fused-ring (bicyclic) bond motifs is 1. The van der Waals surface area contributed by atoms with E-state index < -0.39 is 11.8 Å². The van der Waals surface area contributed by atoms with Crippen LogP contribution in [0.3, 0.4) is 0 Å². The normalized spacial score (nSPS) is 13.3.